The second-order valence-electron chi connectivity index (χ2n) is 7.24. The zero-order valence-corrected chi connectivity index (χ0v) is 15.7. The van der Waals surface area contributed by atoms with Gasteiger partial charge in [0, 0.05) is 19.1 Å². The van der Waals surface area contributed by atoms with Gasteiger partial charge in [-0.1, -0.05) is 0 Å². The molecule has 0 amide bonds. The number of aliphatic hydroxyl groups excluding tert-OH is 3. The molecule has 9 heteroatoms. The van der Waals surface area contributed by atoms with Gasteiger partial charge in [0.2, 0.25) is 0 Å². The predicted molar refractivity (Wildman–Crippen MR) is 100.0 cm³/mol. The van der Waals surface area contributed by atoms with Gasteiger partial charge in [-0.25, -0.2) is 0 Å². The molecule has 2 aromatic carbocycles. The average Bonchev–Trinajstić information content (AvgIpc) is 2.64. The van der Waals surface area contributed by atoms with Crippen LogP contribution in [-0.4, -0.2) is 73.7 Å². The Labute approximate surface area is 165 Å². The zero-order valence-electron chi connectivity index (χ0n) is 15.7. The Morgan fingerprint density at radius 2 is 1.83 bits per heavy atom. The van der Waals surface area contributed by atoms with E-state index in [2.05, 4.69) is 0 Å². The molecule has 6 N–H and O–H groups in total. The van der Waals surface area contributed by atoms with Crippen LogP contribution in [0.3, 0.4) is 0 Å². The van der Waals surface area contributed by atoms with Crippen LogP contribution in [0, 0.1) is 5.92 Å². The predicted octanol–water partition coefficient (Wildman–Crippen LogP) is -0.00170. The summed E-state index contributed by atoms with van der Waals surface area (Å²) in [6, 6.07) is 3.76. The van der Waals surface area contributed by atoms with Gasteiger partial charge in [-0.3, -0.25) is 9.59 Å². The molecule has 29 heavy (non-hydrogen) atoms. The molecule has 0 saturated heterocycles. The summed E-state index contributed by atoms with van der Waals surface area (Å²) in [6.45, 7) is 1.22. The lowest BCUT2D eigenvalue weighted by Crippen LogP contribution is -2.50. The molecule has 1 aliphatic rings. The van der Waals surface area contributed by atoms with Crippen LogP contribution >= 0.6 is 0 Å². The molecule has 0 aliphatic heterocycles. The molecule has 3 rings (SSSR count). The third-order valence-corrected chi connectivity index (χ3v) is 5.31. The molecule has 0 radical (unpaired) electrons. The van der Waals surface area contributed by atoms with Crippen molar-refractivity contribution >= 4 is 22.3 Å². The fourth-order valence-electron chi connectivity index (χ4n) is 3.87. The summed E-state index contributed by atoms with van der Waals surface area (Å²) in [5.74, 6) is -4.06. The number of benzene rings is 2. The first kappa shape index (κ1) is 21.0. The molecule has 1 unspecified atom stereocenters. The Balaban J connectivity index is 2.11. The third-order valence-electron chi connectivity index (χ3n) is 5.31. The number of phenols is 3. The van der Waals surface area contributed by atoms with Crippen molar-refractivity contribution < 1.29 is 45.0 Å². The summed E-state index contributed by atoms with van der Waals surface area (Å²) in [5.41, 5.74) is 0.0855. The van der Waals surface area contributed by atoms with Gasteiger partial charge in [-0.2, -0.15) is 0 Å². The van der Waals surface area contributed by atoms with Crippen LogP contribution < -0.4 is 0 Å². The van der Waals surface area contributed by atoms with E-state index in [1.807, 2.05) is 0 Å². The van der Waals surface area contributed by atoms with E-state index in [4.69, 9.17) is 4.74 Å². The second kappa shape index (κ2) is 7.60. The molecule has 1 aliphatic carbocycles. The number of Topliss-reactive ketones (excluding diaryl/α,β-unsaturated/α-hetero) is 2. The fourth-order valence-corrected chi connectivity index (χ4v) is 3.87. The van der Waals surface area contributed by atoms with E-state index in [0.717, 1.165) is 6.07 Å². The summed E-state index contributed by atoms with van der Waals surface area (Å²) in [4.78, 5) is 25.3. The lowest BCUT2D eigenvalue weighted by atomic mass is 9.75. The number of phenolic OH excluding ortho intramolecular Hbond substituents is 3. The minimum absolute atomic E-state index is 0.0514. The van der Waals surface area contributed by atoms with Crippen LogP contribution in [0.5, 0.6) is 17.2 Å². The number of hydrogen-bond acceptors (Lipinski definition) is 9. The normalized spacial score (nSPS) is 22.2. The standard InChI is InChI=1S/C20H22O9/c1-7(21)15(24)19(28)20(29-2)11-5-9-3-8-4-10(22)6-12(23)13(8)17(26)14(9)18(27)16(11)25/h3-4,6-7,11,15-16,20-26H,5H2,1-2H3/t7-,11-,15+,16?,20+/m1/s1. The van der Waals surface area contributed by atoms with Gasteiger partial charge < -0.3 is 35.4 Å². The van der Waals surface area contributed by atoms with Gasteiger partial charge in [0.15, 0.2) is 11.6 Å². The van der Waals surface area contributed by atoms with Crippen molar-refractivity contribution in [2.45, 2.75) is 37.8 Å². The first-order valence-electron chi connectivity index (χ1n) is 8.93. The monoisotopic (exact) mass is 406 g/mol. The van der Waals surface area contributed by atoms with Gasteiger partial charge in [0.05, 0.1) is 17.1 Å². The lowest BCUT2D eigenvalue weighted by molar-refractivity contribution is -0.148. The molecule has 9 nitrogen and oxygen atoms in total. The van der Waals surface area contributed by atoms with Crippen molar-refractivity contribution in [3.8, 4) is 17.2 Å². The van der Waals surface area contributed by atoms with E-state index in [9.17, 15) is 40.2 Å². The molecule has 0 saturated carbocycles. The van der Waals surface area contributed by atoms with E-state index >= 15 is 0 Å². The summed E-state index contributed by atoms with van der Waals surface area (Å²) < 4.78 is 5.14. The number of carbonyl (C=O) groups is 2. The minimum Gasteiger partial charge on any atom is -0.508 e. The van der Waals surface area contributed by atoms with Gasteiger partial charge in [-0.15, -0.1) is 0 Å². The highest BCUT2D eigenvalue weighted by Gasteiger charge is 2.45. The van der Waals surface area contributed by atoms with Crippen LogP contribution in [0.1, 0.15) is 22.8 Å². The molecule has 0 bridgehead atoms. The number of fused-ring (bicyclic) bond motifs is 2. The smallest absolute Gasteiger partial charge is 0.195 e. The number of ether oxygens (including phenoxy) is 1. The average molecular weight is 406 g/mol. The molecular formula is C20H22O9. The number of rotatable bonds is 5. The van der Waals surface area contributed by atoms with Crippen molar-refractivity contribution in [3.05, 3.63) is 29.3 Å². The van der Waals surface area contributed by atoms with E-state index in [-0.39, 0.29) is 34.1 Å². The maximum atomic E-state index is 12.8. The second-order valence-corrected chi connectivity index (χ2v) is 7.24. The number of carbonyl (C=O) groups excluding carboxylic acids is 2. The number of aromatic hydroxyl groups is 3. The van der Waals surface area contributed by atoms with Gasteiger partial charge in [0.1, 0.15) is 35.6 Å². The molecule has 2 aromatic rings. The van der Waals surface area contributed by atoms with E-state index in [1.165, 1.54) is 26.2 Å². The maximum absolute atomic E-state index is 12.8. The van der Waals surface area contributed by atoms with Crippen molar-refractivity contribution in [1.82, 2.24) is 0 Å². The Morgan fingerprint density at radius 3 is 2.41 bits per heavy atom. The van der Waals surface area contributed by atoms with Gasteiger partial charge in [0.25, 0.3) is 0 Å². The first-order chi connectivity index (χ1) is 13.6. The third kappa shape index (κ3) is 3.42. The highest BCUT2D eigenvalue weighted by Crippen LogP contribution is 2.43. The summed E-state index contributed by atoms with van der Waals surface area (Å²) in [6.07, 6.45) is -6.31. The van der Waals surface area contributed by atoms with E-state index in [0.29, 0.717) is 0 Å². The topological polar surface area (TPSA) is 165 Å². The summed E-state index contributed by atoms with van der Waals surface area (Å²) in [7, 11) is 1.18. The largest absolute Gasteiger partial charge is 0.508 e. The van der Waals surface area contributed by atoms with Crippen LogP contribution in [0.2, 0.25) is 0 Å². The molecule has 5 atom stereocenters. The minimum atomic E-state index is -1.76. The highest BCUT2D eigenvalue weighted by atomic mass is 16.5. The fraction of sp³-hybridized carbons (Fsp3) is 0.400. The first-order valence-corrected chi connectivity index (χ1v) is 8.93. The number of hydrogen-bond donors (Lipinski definition) is 6. The molecule has 0 spiro atoms. The molecule has 156 valence electrons. The zero-order chi connectivity index (χ0) is 21.6. The number of ketones is 2. The summed E-state index contributed by atoms with van der Waals surface area (Å²) >= 11 is 0. The Kier molecular flexibility index (Phi) is 5.50. The van der Waals surface area contributed by atoms with Crippen molar-refractivity contribution in [2.75, 3.05) is 7.11 Å². The molecule has 0 aromatic heterocycles. The van der Waals surface area contributed by atoms with E-state index in [1.54, 1.807) is 0 Å². The quantitative estimate of drug-likeness (QED) is 0.401. The summed E-state index contributed by atoms with van der Waals surface area (Å²) in [5, 5.41) is 60.4. The van der Waals surface area contributed by atoms with E-state index < -0.39 is 53.4 Å². The molecule has 0 fully saturated rings. The lowest BCUT2D eigenvalue weighted by Gasteiger charge is -2.34. The van der Waals surface area contributed by atoms with Gasteiger partial charge >= 0.3 is 0 Å². The molecule has 0 heterocycles. The van der Waals surface area contributed by atoms with Gasteiger partial charge in [-0.05, 0) is 36.4 Å². The van der Waals surface area contributed by atoms with Crippen molar-refractivity contribution in [1.29, 1.82) is 0 Å². The SMILES string of the molecule is CO[C@H](C(=O)[C@@H](O)[C@@H](C)O)[C@@H]1Cc2cc3cc(O)cc(O)c3c(O)c2C(=O)C1O. The number of aliphatic hydroxyl groups is 3. The van der Waals surface area contributed by atoms with Crippen LogP contribution in [-0.2, 0) is 16.0 Å². The van der Waals surface area contributed by atoms with Crippen molar-refractivity contribution in [2.24, 2.45) is 5.92 Å². The Hall–Kier alpha value is -2.72. The Morgan fingerprint density at radius 1 is 1.17 bits per heavy atom. The number of methoxy groups -OCH3 is 1. The molecular weight excluding hydrogens is 384 g/mol. The van der Waals surface area contributed by atoms with Crippen LogP contribution in [0.15, 0.2) is 18.2 Å². The van der Waals surface area contributed by atoms with Crippen molar-refractivity contribution in [3.63, 3.8) is 0 Å². The van der Waals surface area contributed by atoms with Crippen LogP contribution in [0.4, 0.5) is 0 Å². The Bertz CT molecular complexity index is 982. The maximum Gasteiger partial charge on any atom is 0.195 e. The highest BCUT2D eigenvalue weighted by molar-refractivity contribution is 6.11. The van der Waals surface area contributed by atoms with Crippen LogP contribution in [0.25, 0.3) is 10.8 Å².